The van der Waals surface area contributed by atoms with Gasteiger partial charge in [0.05, 0.1) is 17.3 Å². The lowest BCUT2D eigenvalue weighted by Crippen LogP contribution is -2.28. The SMILES string of the molecule is Cc1cc(C(C)NC(=O)c2cc(Cl)ccc2NN)c(C)o1. The highest BCUT2D eigenvalue weighted by Crippen LogP contribution is 2.24. The molecule has 1 atom stereocenters. The lowest BCUT2D eigenvalue weighted by molar-refractivity contribution is 0.0940. The number of benzene rings is 1. The zero-order valence-corrected chi connectivity index (χ0v) is 12.9. The van der Waals surface area contributed by atoms with E-state index >= 15 is 0 Å². The standard InChI is InChI=1S/C15H18ClN3O2/c1-8-6-12(10(3)21-8)9(2)18-15(20)13-7-11(16)4-5-14(13)19-17/h4-7,9,19H,17H2,1-3H3,(H,18,20). The molecule has 21 heavy (non-hydrogen) atoms. The Morgan fingerprint density at radius 2 is 2.05 bits per heavy atom. The average molecular weight is 308 g/mol. The molecule has 5 nitrogen and oxygen atoms in total. The van der Waals surface area contributed by atoms with Crippen molar-refractivity contribution in [1.29, 1.82) is 0 Å². The number of aryl methyl sites for hydroxylation is 2. The maximum Gasteiger partial charge on any atom is 0.253 e. The number of nitrogens with two attached hydrogens (primary N) is 1. The molecule has 2 aromatic rings. The quantitative estimate of drug-likeness (QED) is 0.598. The molecular weight excluding hydrogens is 290 g/mol. The molecule has 0 spiro atoms. The molecule has 1 heterocycles. The molecule has 0 saturated heterocycles. The van der Waals surface area contributed by atoms with Crippen LogP contribution in [0, 0.1) is 13.8 Å². The Hall–Kier alpha value is -1.98. The van der Waals surface area contributed by atoms with Crippen LogP contribution in [-0.4, -0.2) is 5.91 Å². The zero-order valence-electron chi connectivity index (χ0n) is 12.2. The topological polar surface area (TPSA) is 80.3 Å². The van der Waals surface area contributed by atoms with E-state index in [0.717, 1.165) is 17.1 Å². The van der Waals surface area contributed by atoms with Crippen LogP contribution in [0.3, 0.4) is 0 Å². The van der Waals surface area contributed by atoms with Crippen molar-refractivity contribution >= 4 is 23.2 Å². The van der Waals surface area contributed by atoms with Gasteiger partial charge in [0.1, 0.15) is 11.5 Å². The van der Waals surface area contributed by atoms with E-state index in [9.17, 15) is 4.79 Å². The number of carbonyl (C=O) groups excluding carboxylic acids is 1. The fourth-order valence-corrected chi connectivity index (χ4v) is 2.43. The number of rotatable bonds is 4. The number of hydrogen-bond acceptors (Lipinski definition) is 4. The highest BCUT2D eigenvalue weighted by molar-refractivity contribution is 6.31. The van der Waals surface area contributed by atoms with Crippen LogP contribution in [-0.2, 0) is 0 Å². The van der Waals surface area contributed by atoms with Gasteiger partial charge >= 0.3 is 0 Å². The monoisotopic (exact) mass is 307 g/mol. The van der Waals surface area contributed by atoms with Gasteiger partial charge in [-0.25, -0.2) is 0 Å². The van der Waals surface area contributed by atoms with Crippen LogP contribution in [0.15, 0.2) is 28.7 Å². The summed E-state index contributed by atoms with van der Waals surface area (Å²) in [6.45, 7) is 5.64. The smallest absolute Gasteiger partial charge is 0.253 e. The fraction of sp³-hybridized carbons (Fsp3) is 0.267. The molecule has 2 rings (SSSR count). The number of amides is 1. The Kier molecular flexibility index (Phi) is 4.55. The largest absolute Gasteiger partial charge is 0.466 e. The van der Waals surface area contributed by atoms with Gasteiger partial charge in [-0.15, -0.1) is 0 Å². The Bertz CT molecular complexity index is 667. The highest BCUT2D eigenvalue weighted by atomic mass is 35.5. The van der Waals surface area contributed by atoms with Crippen molar-refractivity contribution in [3.8, 4) is 0 Å². The molecule has 112 valence electrons. The van der Waals surface area contributed by atoms with Crippen LogP contribution in [0.4, 0.5) is 5.69 Å². The molecule has 6 heteroatoms. The second kappa shape index (κ2) is 6.20. The number of furan rings is 1. The minimum absolute atomic E-state index is 0.181. The van der Waals surface area contributed by atoms with Gasteiger partial charge in [-0.2, -0.15) is 0 Å². The number of hydrogen-bond donors (Lipinski definition) is 3. The second-order valence-electron chi connectivity index (χ2n) is 4.90. The summed E-state index contributed by atoms with van der Waals surface area (Å²) in [6.07, 6.45) is 0. The molecule has 0 saturated carbocycles. The Balaban J connectivity index is 2.22. The van der Waals surface area contributed by atoms with E-state index in [2.05, 4.69) is 10.7 Å². The van der Waals surface area contributed by atoms with E-state index in [4.69, 9.17) is 21.9 Å². The third kappa shape index (κ3) is 3.37. The summed E-state index contributed by atoms with van der Waals surface area (Å²) >= 11 is 5.94. The third-order valence-corrected chi connectivity index (χ3v) is 3.51. The molecule has 1 unspecified atom stereocenters. The Labute approximate surface area is 128 Å². The molecule has 0 aliphatic rings. The molecule has 0 aliphatic heterocycles. The van der Waals surface area contributed by atoms with Gasteiger partial charge in [-0.3, -0.25) is 10.6 Å². The van der Waals surface area contributed by atoms with E-state index < -0.39 is 0 Å². The number of nitrogens with one attached hydrogen (secondary N) is 2. The van der Waals surface area contributed by atoms with Gasteiger partial charge < -0.3 is 15.2 Å². The molecule has 0 fully saturated rings. The molecule has 1 aromatic carbocycles. The molecule has 4 N–H and O–H groups in total. The Morgan fingerprint density at radius 1 is 1.33 bits per heavy atom. The minimum atomic E-state index is -0.254. The van der Waals surface area contributed by atoms with Gasteiger partial charge in [0, 0.05) is 10.6 Å². The zero-order chi connectivity index (χ0) is 15.6. The van der Waals surface area contributed by atoms with Crippen molar-refractivity contribution in [2.75, 3.05) is 5.43 Å². The van der Waals surface area contributed by atoms with Crippen molar-refractivity contribution < 1.29 is 9.21 Å². The maximum absolute atomic E-state index is 12.4. The van der Waals surface area contributed by atoms with Gasteiger partial charge in [0.25, 0.3) is 5.91 Å². The van der Waals surface area contributed by atoms with Gasteiger partial charge in [-0.05, 0) is 45.0 Å². The second-order valence-corrected chi connectivity index (χ2v) is 5.33. The molecular formula is C15H18ClN3O2. The van der Waals surface area contributed by atoms with Crippen molar-refractivity contribution in [3.63, 3.8) is 0 Å². The van der Waals surface area contributed by atoms with E-state index in [0.29, 0.717) is 16.3 Å². The van der Waals surface area contributed by atoms with Crippen molar-refractivity contribution in [3.05, 3.63) is 51.9 Å². The fourth-order valence-electron chi connectivity index (χ4n) is 2.26. The summed E-state index contributed by atoms with van der Waals surface area (Å²) in [7, 11) is 0. The van der Waals surface area contributed by atoms with Crippen molar-refractivity contribution in [1.82, 2.24) is 5.32 Å². The van der Waals surface area contributed by atoms with Crippen molar-refractivity contribution in [2.24, 2.45) is 5.84 Å². The van der Waals surface area contributed by atoms with Crippen LogP contribution in [0.1, 0.15) is 40.4 Å². The summed E-state index contributed by atoms with van der Waals surface area (Å²) in [5.74, 6) is 6.78. The predicted octanol–water partition coefficient (Wildman–Crippen LogP) is 3.33. The normalized spacial score (nSPS) is 12.0. The summed E-state index contributed by atoms with van der Waals surface area (Å²) in [6, 6.07) is 6.64. The first-order valence-corrected chi connectivity index (χ1v) is 6.94. The lowest BCUT2D eigenvalue weighted by atomic mass is 10.1. The molecule has 1 aromatic heterocycles. The van der Waals surface area contributed by atoms with E-state index in [-0.39, 0.29) is 11.9 Å². The average Bonchev–Trinajstić information content (AvgIpc) is 2.77. The van der Waals surface area contributed by atoms with Crippen LogP contribution in [0.2, 0.25) is 5.02 Å². The first-order valence-electron chi connectivity index (χ1n) is 6.56. The summed E-state index contributed by atoms with van der Waals surface area (Å²) in [5.41, 5.74) is 4.36. The molecule has 0 aliphatic carbocycles. The molecule has 1 amide bonds. The van der Waals surface area contributed by atoms with Crippen LogP contribution in [0.25, 0.3) is 0 Å². The summed E-state index contributed by atoms with van der Waals surface area (Å²) in [5, 5.41) is 3.39. The third-order valence-electron chi connectivity index (χ3n) is 3.28. The highest BCUT2D eigenvalue weighted by Gasteiger charge is 2.18. The number of carbonyl (C=O) groups is 1. The van der Waals surface area contributed by atoms with Crippen molar-refractivity contribution in [2.45, 2.75) is 26.8 Å². The predicted molar refractivity (Wildman–Crippen MR) is 83.3 cm³/mol. The minimum Gasteiger partial charge on any atom is -0.466 e. The lowest BCUT2D eigenvalue weighted by Gasteiger charge is -2.15. The van der Waals surface area contributed by atoms with Crippen LogP contribution < -0.4 is 16.6 Å². The number of halogens is 1. The number of anilines is 1. The summed E-state index contributed by atoms with van der Waals surface area (Å²) in [4.78, 5) is 12.4. The van der Waals surface area contributed by atoms with Gasteiger partial charge in [-0.1, -0.05) is 11.6 Å². The number of nitrogen functional groups attached to an aromatic ring is 1. The molecule has 0 bridgehead atoms. The number of hydrazine groups is 1. The molecule has 0 radical (unpaired) electrons. The van der Waals surface area contributed by atoms with E-state index in [1.807, 2.05) is 26.8 Å². The van der Waals surface area contributed by atoms with Crippen LogP contribution in [0.5, 0.6) is 0 Å². The Morgan fingerprint density at radius 3 is 2.62 bits per heavy atom. The van der Waals surface area contributed by atoms with Gasteiger partial charge in [0.2, 0.25) is 0 Å². The maximum atomic E-state index is 12.4. The van der Waals surface area contributed by atoms with E-state index in [1.165, 1.54) is 0 Å². The van der Waals surface area contributed by atoms with E-state index in [1.54, 1.807) is 18.2 Å². The summed E-state index contributed by atoms with van der Waals surface area (Å²) < 4.78 is 5.48. The first-order chi connectivity index (χ1) is 9.92. The first kappa shape index (κ1) is 15.4. The van der Waals surface area contributed by atoms with Crippen LogP contribution >= 0.6 is 11.6 Å². The van der Waals surface area contributed by atoms with Gasteiger partial charge in [0.15, 0.2) is 0 Å².